The van der Waals surface area contributed by atoms with Gasteiger partial charge in [0.15, 0.2) is 0 Å². The second-order valence-electron chi connectivity index (χ2n) is 8.86. The molecule has 0 amide bonds. The second kappa shape index (κ2) is 7.81. The predicted octanol–water partition coefficient (Wildman–Crippen LogP) is 6.23. The van der Waals surface area contributed by atoms with E-state index >= 15 is 0 Å². The van der Waals surface area contributed by atoms with Gasteiger partial charge in [-0.2, -0.15) is 0 Å². The van der Waals surface area contributed by atoms with Crippen molar-refractivity contribution in [2.75, 3.05) is 0 Å². The molecule has 1 atom stereocenters. The van der Waals surface area contributed by atoms with Gasteiger partial charge in [0, 0.05) is 11.7 Å². The maximum absolute atomic E-state index is 6.58. The number of rotatable bonds is 5. The maximum Gasteiger partial charge on any atom is 0.466 e. The summed E-state index contributed by atoms with van der Waals surface area (Å²) < 4.78 is 13.2. The van der Waals surface area contributed by atoms with Crippen LogP contribution in [0.1, 0.15) is 56.1 Å². The zero-order chi connectivity index (χ0) is 20.5. The van der Waals surface area contributed by atoms with Crippen LogP contribution in [-0.2, 0) is 9.31 Å². The molecule has 1 saturated heterocycles. The van der Waals surface area contributed by atoms with Gasteiger partial charge in [-0.25, -0.2) is 0 Å². The SMILES string of the molecule is CC1(C)OB(C(c2ccccc2)C(c2ccccc2)c2ccccc2)OC1(C)C. The molecule has 3 aromatic rings. The molecule has 2 nitrogen and oxygen atoms in total. The number of hydrogen-bond acceptors (Lipinski definition) is 2. The highest BCUT2D eigenvalue weighted by atomic mass is 16.7. The fourth-order valence-corrected chi connectivity index (χ4v) is 4.15. The van der Waals surface area contributed by atoms with Gasteiger partial charge < -0.3 is 9.31 Å². The van der Waals surface area contributed by atoms with Gasteiger partial charge in [-0.15, -0.1) is 0 Å². The lowest BCUT2D eigenvalue weighted by atomic mass is 9.58. The molecule has 0 spiro atoms. The zero-order valence-corrected chi connectivity index (χ0v) is 17.7. The molecule has 0 aliphatic carbocycles. The zero-order valence-electron chi connectivity index (χ0n) is 17.7. The van der Waals surface area contributed by atoms with E-state index < -0.39 is 0 Å². The molecule has 1 fully saturated rings. The Balaban J connectivity index is 1.87. The maximum atomic E-state index is 6.58. The van der Waals surface area contributed by atoms with Crippen molar-refractivity contribution in [3.8, 4) is 0 Å². The minimum absolute atomic E-state index is 0.0297. The number of hydrogen-bond donors (Lipinski definition) is 0. The van der Waals surface area contributed by atoms with E-state index in [1.54, 1.807) is 0 Å². The molecule has 1 heterocycles. The van der Waals surface area contributed by atoms with E-state index in [4.69, 9.17) is 9.31 Å². The third-order valence-electron chi connectivity index (χ3n) is 6.43. The standard InChI is InChI=1S/C26H29BO2/c1-25(2)26(3,4)29-27(28-25)24(22-18-12-7-13-19-22)23(20-14-8-5-9-15-20)21-16-10-6-11-17-21/h5-19,23-24H,1-4H3. The van der Waals surface area contributed by atoms with Crippen LogP contribution in [-0.4, -0.2) is 18.3 Å². The van der Waals surface area contributed by atoms with Gasteiger partial charge in [-0.1, -0.05) is 91.0 Å². The molecule has 0 radical (unpaired) electrons. The normalized spacial score (nSPS) is 18.7. The molecule has 0 bridgehead atoms. The van der Waals surface area contributed by atoms with Crippen LogP contribution in [0.4, 0.5) is 0 Å². The number of benzene rings is 3. The fraction of sp³-hybridized carbons (Fsp3) is 0.308. The summed E-state index contributed by atoms with van der Waals surface area (Å²) in [6.07, 6.45) is 0. The van der Waals surface area contributed by atoms with Crippen molar-refractivity contribution in [2.24, 2.45) is 0 Å². The van der Waals surface area contributed by atoms with Crippen LogP contribution < -0.4 is 0 Å². The van der Waals surface area contributed by atoms with Gasteiger partial charge in [-0.3, -0.25) is 0 Å². The van der Waals surface area contributed by atoms with E-state index in [9.17, 15) is 0 Å². The summed E-state index contributed by atoms with van der Waals surface area (Å²) in [5.41, 5.74) is 3.01. The lowest BCUT2D eigenvalue weighted by Gasteiger charge is -2.32. The lowest BCUT2D eigenvalue weighted by Crippen LogP contribution is -2.41. The Morgan fingerprint density at radius 2 is 0.897 bits per heavy atom. The minimum Gasteiger partial charge on any atom is -0.403 e. The first-order valence-electron chi connectivity index (χ1n) is 10.4. The Hall–Kier alpha value is -2.36. The highest BCUT2D eigenvalue weighted by Crippen LogP contribution is 2.47. The van der Waals surface area contributed by atoms with Crippen molar-refractivity contribution >= 4 is 7.12 Å². The summed E-state index contributed by atoms with van der Waals surface area (Å²) >= 11 is 0. The summed E-state index contributed by atoms with van der Waals surface area (Å²) in [6, 6.07) is 32.0. The third-order valence-corrected chi connectivity index (χ3v) is 6.43. The molecule has 1 aliphatic rings. The van der Waals surface area contributed by atoms with Gasteiger partial charge in [0.2, 0.25) is 0 Å². The first kappa shape index (κ1) is 19.9. The summed E-state index contributed by atoms with van der Waals surface area (Å²) in [5.74, 6) is 0.150. The van der Waals surface area contributed by atoms with Crippen molar-refractivity contribution in [1.29, 1.82) is 0 Å². The molecule has 148 valence electrons. The Labute approximate surface area is 175 Å². The molecular formula is C26H29BO2. The van der Waals surface area contributed by atoms with Crippen molar-refractivity contribution in [1.82, 2.24) is 0 Å². The van der Waals surface area contributed by atoms with E-state index in [1.807, 2.05) is 0 Å². The Morgan fingerprint density at radius 1 is 0.552 bits per heavy atom. The Morgan fingerprint density at radius 3 is 1.28 bits per heavy atom. The fourth-order valence-electron chi connectivity index (χ4n) is 4.15. The van der Waals surface area contributed by atoms with Crippen molar-refractivity contribution < 1.29 is 9.31 Å². The van der Waals surface area contributed by atoms with Gasteiger partial charge in [-0.05, 0) is 44.4 Å². The molecule has 1 aliphatic heterocycles. The molecule has 3 heteroatoms. The van der Waals surface area contributed by atoms with E-state index in [-0.39, 0.29) is 30.1 Å². The summed E-state index contributed by atoms with van der Waals surface area (Å²) in [7, 11) is -0.340. The molecule has 0 aromatic heterocycles. The molecule has 0 saturated carbocycles. The first-order chi connectivity index (χ1) is 13.9. The average Bonchev–Trinajstić information content (AvgIpc) is 2.94. The van der Waals surface area contributed by atoms with Gasteiger partial charge in [0.05, 0.1) is 11.2 Å². The highest BCUT2D eigenvalue weighted by Gasteiger charge is 2.55. The van der Waals surface area contributed by atoms with Crippen molar-refractivity contribution in [3.05, 3.63) is 108 Å². The van der Waals surface area contributed by atoms with Crippen LogP contribution in [0, 0.1) is 0 Å². The third kappa shape index (κ3) is 3.90. The molecule has 3 aromatic carbocycles. The largest absolute Gasteiger partial charge is 0.466 e. The van der Waals surface area contributed by atoms with Crippen LogP contribution in [0.5, 0.6) is 0 Å². The quantitative estimate of drug-likeness (QED) is 0.485. The van der Waals surface area contributed by atoms with Crippen molar-refractivity contribution in [2.45, 2.75) is 50.6 Å². The Kier molecular flexibility index (Phi) is 5.37. The van der Waals surface area contributed by atoms with Crippen LogP contribution in [0.25, 0.3) is 0 Å². The van der Waals surface area contributed by atoms with Gasteiger partial charge >= 0.3 is 7.12 Å². The Bertz CT molecular complexity index is 867. The summed E-state index contributed by atoms with van der Waals surface area (Å²) in [4.78, 5) is 0. The van der Waals surface area contributed by atoms with E-state index in [0.717, 1.165) is 0 Å². The van der Waals surface area contributed by atoms with Crippen molar-refractivity contribution in [3.63, 3.8) is 0 Å². The van der Waals surface area contributed by atoms with Crippen LogP contribution in [0.15, 0.2) is 91.0 Å². The smallest absolute Gasteiger partial charge is 0.403 e. The van der Waals surface area contributed by atoms with E-state index in [0.29, 0.717) is 0 Å². The highest BCUT2D eigenvalue weighted by molar-refractivity contribution is 6.48. The lowest BCUT2D eigenvalue weighted by molar-refractivity contribution is 0.00578. The predicted molar refractivity (Wildman–Crippen MR) is 120 cm³/mol. The topological polar surface area (TPSA) is 18.5 Å². The summed E-state index contributed by atoms with van der Waals surface area (Å²) in [6.45, 7) is 8.48. The van der Waals surface area contributed by atoms with Crippen LogP contribution in [0.3, 0.4) is 0 Å². The molecular weight excluding hydrogens is 355 g/mol. The van der Waals surface area contributed by atoms with Crippen LogP contribution in [0.2, 0.25) is 0 Å². The molecule has 4 rings (SSSR count). The monoisotopic (exact) mass is 384 g/mol. The average molecular weight is 384 g/mol. The minimum atomic E-state index is -0.372. The molecule has 29 heavy (non-hydrogen) atoms. The van der Waals surface area contributed by atoms with E-state index in [1.165, 1.54) is 16.7 Å². The first-order valence-corrected chi connectivity index (χ1v) is 10.4. The van der Waals surface area contributed by atoms with E-state index in [2.05, 4.69) is 119 Å². The van der Waals surface area contributed by atoms with Gasteiger partial charge in [0.25, 0.3) is 0 Å². The van der Waals surface area contributed by atoms with Gasteiger partial charge in [0.1, 0.15) is 0 Å². The molecule has 1 unspecified atom stereocenters. The molecule has 0 N–H and O–H groups in total. The second-order valence-corrected chi connectivity index (χ2v) is 8.86. The van der Waals surface area contributed by atoms with Crippen LogP contribution >= 0.6 is 0 Å². The summed E-state index contributed by atoms with van der Waals surface area (Å²) in [5, 5.41) is 0.